The number of rotatable bonds is 6. The zero-order valence-electron chi connectivity index (χ0n) is 16.7. The second kappa shape index (κ2) is 9.48. The molecule has 0 aromatic heterocycles. The van der Waals surface area contributed by atoms with E-state index in [4.69, 9.17) is 0 Å². The molecule has 0 radical (unpaired) electrons. The highest BCUT2D eigenvalue weighted by atomic mass is 28.2. The number of aryl methyl sites for hydroxylation is 1. The Hall–Kier alpha value is -0.703. The fourth-order valence-corrected chi connectivity index (χ4v) is 7.50. The third-order valence-electron chi connectivity index (χ3n) is 7.32. The van der Waals surface area contributed by atoms with Crippen LogP contribution >= 0.6 is 0 Å². The van der Waals surface area contributed by atoms with Crippen LogP contribution in [-0.2, 0) is 0 Å². The number of benzene rings is 1. The van der Waals surface area contributed by atoms with Gasteiger partial charge >= 0.3 is 0 Å². The Morgan fingerprint density at radius 3 is 2.00 bits per heavy atom. The van der Waals surface area contributed by atoms with E-state index in [1.165, 1.54) is 64.2 Å². The molecule has 0 heterocycles. The van der Waals surface area contributed by atoms with Crippen LogP contribution in [0.2, 0.25) is 6.04 Å². The molecule has 0 amide bonds. The fourth-order valence-electron chi connectivity index (χ4n) is 5.54. The molecule has 3 heteroatoms. The Labute approximate surface area is 161 Å². The zero-order valence-corrected chi connectivity index (χ0v) is 18.1. The summed E-state index contributed by atoms with van der Waals surface area (Å²) in [7, 11) is -0.691. The predicted molar refractivity (Wildman–Crippen MR) is 110 cm³/mol. The molecule has 0 saturated heterocycles. The van der Waals surface area contributed by atoms with Crippen LogP contribution in [0.15, 0.2) is 12.1 Å². The van der Waals surface area contributed by atoms with E-state index < -0.39 is 21.2 Å². The van der Waals surface area contributed by atoms with Gasteiger partial charge in [-0.05, 0) is 67.0 Å². The van der Waals surface area contributed by atoms with Gasteiger partial charge in [0, 0.05) is 0 Å². The van der Waals surface area contributed by atoms with Crippen molar-refractivity contribution in [1.82, 2.24) is 0 Å². The van der Waals surface area contributed by atoms with Gasteiger partial charge in [0.25, 0.3) is 0 Å². The summed E-state index contributed by atoms with van der Waals surface area (Å²) in [4.78, 5) is 0. The smallest absolute Gasteiger partial charge is 0.161 e. The number of hydrogen-bond acceptors (Lipinski definition) is 0. The Morgan fingerprint density at radius 2 is 1.42 bits per heavy atom. The molecule has 0 N–H and O–H groups in total. The molecule has 0 aliphatic heterocycles. The first kappa shape index (κ1) is 20.0. The van der Waals surface area contributed by atoms with E-state index in [-0.39, 0.29) is 0 Å². The molecule has 2 fully saturated rings. The summed E-state index contributed by atoms with van der Waals surface area (Å²) in [6.07, 6.45) is 14.0. The van der Waals surface area contributed by atoms with Gasteiger partial charge in [-0.3, -0.25) is 0 Å². The lowest BCUT2D eigenvalue weighted by atomic mass is 9.69. The highest BCUT2D eigenvalue weighted by Gasteiger charge is 2.30. The van der Waals surface area contributed by atoms with Crippen molar-refractivity contribution in [3.8, 4) is 0 Å². The molecule has 0 atom stereocenters. The molecule has 0 bridgehead atoms. The molecule has 2 saturated carbocycles. The first-order chi connectivity index (χ1) is 12.6. The Bertz CT molecular complexity index is 570. The second-order valence-corrected chi connectivity index (χ2v) is 10.9. The van der Waals surface area contributed by atoms with Crippen LogP contribution in [0.4, 0.5) is 8.78 Å². The highest BCUT2D eigenvalue weighted by Crippen LogP contribution is 2.42. The maximum Gasteiger partial charge on any atom is 0.161 e. The van der Waals surface area contributed by atoms with Crippen molar-refractivity contribution in [1.29, 1.82) is 0 Å². The second-order valence-electron chi connectivity index (χ2n) is 9.06. The molecular weight excluding hydrogens is 342 g/mol. The van der Waals surface area contributed by atoms with Gasteiger partial charge in [-0.2, -0.15) is 0 Å². The van der Waals surface area contributed by atoms with Gasteiger partial charge in [-0.25, -0.2) is 8.78 Å². The summed E-state index contributed by atoms with van der Waals surface area (Å²) in [5, 5.41) is 0.699. The Kier molecular flexibility index (Phi) is 7.31. The van der Waals surface area contributed by atoms with Gasteiger partial charge in [-0.15, -0.1) is 0 Å². The van der Waals surface area contributed by atoms with Crippen LogP contribution in [0.1, 0.15) is 76.7 Å². The molecule has 2 aliphatic rings. The summed E-state index contributed by atoms with van der Waals surface area (Å²) in [6.45, 7) is 3.95. The predicted octanol–water partition coefficient (Wildman–Crippen LogP) is 5.90. The minimum absolute atomic E-state index is 0.425. The largest absolute Gasteiger partial charge is 0.204 e. The molecule has 0 spiro atoms. The van der Waals surface area contributed by atoms with Crippen molar-refractivity contribution in [2.75, 3.05) is 0 Å². The molecule has 0 unspecified atom stereocenters. The summed E-state index contributed by atoms with van der Waals surface area (Å²) in [5.41, 5.74) is 0.425. The average molecular weight is 379 g/mol. The molecule has 1 aromatic rings. The first-order valence-corrected chi connectivity index (χ1v) is 12.7. The lowest BCUT2D eigenvalue weighted by Gasteiger charge is -2.38. The van der Waals surface area contributed by atoms with E-state index in [2.05, 4.69) is 6.92 Å². The van der Waals surface area contributed by atoms with Crippen LogP contribution in [0.5, 0.6) is 0 Å². The number of hydrogen-bond donors (Lipinski definition) is 0. The fraction of sp³-hybridized carbons (Fsp3) is 0.739. The van der Waals surface area contributed by atoms with Gasteiger partial charge < -0.3 is 0 Å². The maximum atomic E-state index is 14.1. The van der Waals surface area contributed by atoms with Gasteiger partial charge in [0.15, 0.2) is 11.6 Å². The quantitative estimate of drug-likeness (QED) is 0.541. The lowest BCUT2D eigenvalue weighted by molar-refractivity contribution is 0.147. The lowest BCUT2D eigenvalue weighted by Crippen LogP contribution is -2.28. The standard InChI is InChI=1S/C23H36F2Si/c1-3-4-17-6-10-19(11-7-17)20-12-8-18(9-13-20)15-26-21-14-5-16(2)22(24)23(21)25/h5,14,17-20H,3-4,6-13,15,26H2,1-2H3/t17-,18?,19-,20?. The third kappa shape index (κ3) is 4.97. The van der Waals surface area contributed by atoms with E-state index in [1.807, 2.05) is 6.07 Å². The molecule has 1 aromatic carbocycles. The summed E-state index contributed by atoms with van der Waals surface area (Å²) >= 11 is 0. The van der Waals surface area contributed by atoms with E-state index >= 15 is 0 Å². The molecular formula is C23H36F2Si. The van der Waals surface area contributed by atoms with Gasteiger partial charge in [0.2, 0.25) is 0 Å². The molecule has 26 heavy (non-hydrogen) atoms. The minimum Gasteiger partial charge on any atom is -0.204 e. The highest BCUT2D eigenvalue weighted by molar-refractivity contribution is 6.53. The maximum absolute atomic E-state index is 14.1. The van der Waals surface area contributed by atoms with E-state index in [9.17, 15) is 8.78 Å². The van der Waals surface area contributed by atoms with E-state index in [0.29, 0.717) is 10.8 Å². The summed E-state index contributed by atoms with van der Waals surface area (Å²) in [6, 6.07) is 4.72. The normalized spacial score (nSPS) is 30.2. The first-order valence-electron chi connectivity index (χ1n) is 11.0. The van der Waals surface area contributed by atoms with Gasteiger partial charge in [0.05, 0.1) is 9.52 Å². The van der Waals surface area contributed by atoms with Crippen molar-refractivity contribution in [2.24, 2.45) is 23.7 Å². The minimum atomic E-state index is -0.691. The van der Waals surface area contributed by atoms with Crippen molar-refractivity contribution in [2.45, 2.75) is 84.1 Å². The van der Waals surface area contributed by atoms with Crippen LogP contribution in [0.25, 0.3) is 0 Å². The van der Waals surface area contributed by atoms with Crippen molar-refractivity contribution in [3.05, 3.63) is 29.3 Å². The van der Waals surface area contributed by atoms with E-state index in [0.717, 1.165) is 29.7 Å². The molecule has 146 valence electrons. The SMILES string of the molecule is CCC[C@H]1CC[C@H](C2CCC(C[SiH2]c3ccc(C)c(F)c3F)CC2)CC1. The van der Waals surface area contributed by atoms with Crippen LogP contribution < -0.4 is 5.19 Å². The van der Waals surface area contributed by atoms with Crippen LogP contribution in [0, 0.1) is 42.2 Å². The van der Waals surface area contributed by atoms with Crippen LogP contribution in [0.3, 0.4) is 0 Å². The van der Waals surface area contributed by atoms with Crippen molar-refractivity contribution >= 4 is 14.7 Å². The zero-order chi connectivity index (χ0) is 18.5. The Balaban J connectivity index is 1.41. The Morgan fingerprint density at radius 1 is 0.846 bits per heavy atom. The van der Waals surface area contributed by atoms with Crippen LogP contribution in [-0.4, -0.2) is 9.52 Å². The monoisotopic (exact) mass is 378 g/mol. The summed E-state index contributed by atoms with van der Waals surface area (Å²) in [5.74, 6) is 2.50. The summed E-state index contributed by atoms with van der Waals surface area (Å²) < 4.78 is 27.8. The van der Waals surface area contributed by atoms with E-state index in [1.54, 1.807) is 13.0 Å². The molecule has 2 aliphatic carbocycles. The number of halogens is 2. The van der Waals surface area contributed by atoms with Crippen molar-refractivity contribution < 1.29 is 8.78 Å². The topological polar surface area (TPSA) is 0 Å². The average Bonchev–Trinajstić information content (AvgIpc) is 2.67. The third-order valence-corrected chi connectivity index (χ3v) is 9.51. The van der Waals surface area contributed by atoms with Gasteiger partial charge in [-0.1, -0.05) is 63.6 Å². The molecule has 0 nitrogen and oxygen atoms in total. The molecule has 3 rings (SSSR count). The van der Waals surface area contributed by atoms with Gasteiger partial charge in [0.1, 0.15) is 0 Å². The van der Waals surface area contributed by atoms with Crippen molar-refractivity contribution in [3.63, 3.8) is 0 Å².